The third-order valence-electron chi connectivity index (χ3n) is 4.13. The molecule has 5 nitrogen and oxygen atoms in total. The summed E-state index contributed by atoms with van der Waals surface area (Å²) in [4.78, 5) is 16.9. The van der Waals surface area contributed by atoms with E-state index in [0.29, 0.717) is 11.4 Å². The van der Waals surface area contributed by atoms with E-state index in [0.717, 1.165) is 15.6 Å². The Hall–Kier alpha value is -2.35. The molecule has 28 heavy (non-hydrogen) atoms. The minimum Gasteiger partial charge on any atom is -0.418 e. The van der Waals surface area contributed by atoms with Crippen LogP contribution in [0.25, 0.3) is 16.9 Å². The van der Waals surface area contributed by atoms with Crippen molar-refractivity contribution < 1.29 is 21.0 Å². The average molecular weight is 503 g/mol. The Morgan fingerprint density at radius 1 is 1.39 bits per heavy atom. The summed E-state index contributed by atoms with van der Waals surface area (Å²) < 4.78 is 47.6. The molecule has 0 spiro atoms. The van der Waals surface area contributed by atoms with Crippen molar-refractivity contribution in [3.05, 3.63) is 29.8 Å². The van der Waals surface area contributed by atoms with Crippen LogP contribution in [-0.4, -0.2) is 19.0 Å². The standard InChI is InChI=1S/C19H17F3IN3O2/c1-5-13(10(2)3)17(27)25-18-24-14-7-6-12(19(20,21)22)9-15(14)26(18)16-8-11(4)23-28-16/h1,6-10,13H,2-4H3,(H,24,25,27). The second kappa shape index (κ2) is 7.58. The fourth-order valence-electron chi connectivity index (χ4n) is 2.73. The van der Waals surface area contributed by atoms with Gasteiger partial charge in [-0.2, -0.15) is 13.2 Å². The Labute approximate surface area is 170 Å². The van der Waals surface area contributed by atoms with E-state index in [2.05, 4.69) is 16.2 Å². The van der Waals surface area contributed by atoms with Gasteiger partial charge in [0, 0.05) is 9.58 Å². The molecule has 3 rings (SSSR count). The molecule has 1 amide bonds. The SMILES string of the molecule is C#CC(C(=O)Nc1nc2ccc(C(F)(F)F)cc2n1C1=CC(C)=IO1)C(C)C. The van der Waals surface area contributed by atoms with Crippen LogP contribution in [0.4, 0.5) is 19.1 Å². The Kier molecular flexibility index (Phi) is 5.52. The molecule has 1 aliphatic heterocycles. The number of hydrogen-bond donors (Lipinski definition) is 1. The van der Waals surface area contributed by atoms with Crippen LogP contribution in [0.1, 0.15) is 26.3 Å². The highest BCUT2D eigenvalue weighted by Crippen LogP contribution is 2.35. The van der Waals surface area contributed by atoms with Crippen molar-refractivity contribution in [2.45, 2.75) is 26.9 Å². The predicted molar refractivity (Wildman–Crippen MR) is 111 cm³/mol. The number of anilines is 1. The van der Waals surface area contributed by atoms with Gasteiger partial charge in [-0.3, -0.25) is 10.1 Å². The number of halogens is 4. The minimum atomic E-state index is -4.50. The molecule has 1 aliphatic rings. The number of nitrogens with one attached hydrogen (secondary N) is 1. The number of alkyl halides is 3. The number of benzene rings is 1. The molecule has 0 radical (unpaired) electrons. The van der Waals surface area contributed by atoms with Gasteiger partial charge in [0.2, 0.25) is 17.7 Å². The molecule has 1 unspecified atom stereocenters. The zero-order valence-corrected chi connectivity index (χ0v) is 17.4. The summed E-state index contributed by atoms with van der Waals surface area (Å²) in [5.41, 5.74) is -0.314. The number of nitrogens with zero attached hydrogens (tertiary/aromatic N) is 2. The molecule has 0 fully saturated rings. The van der Waals surface area contributed by atoms with Crippen LogP contribution in [0.2, 0.25) is 0 Å². The molecule has 1 atom stereocenters. The molecule has 1 aromatic carbocycles. The molecule has 0 aliphatic carbocycles. The van der Waals surface area contributed by atoms with E-state index in [1.165, 1.54) is 10.6 Å². The number of carbonyl (C=O) groups is 1. The van der Waals surface area contributed by atoms with Crippen molar-refractivity contribution in [3.63, 3.8) is 0 Å². The van der Waals surface area contributed by atoms with Crippen LogP contribution >= 0.6 is 21.1 Å². The summed E-state index contributed by atoms with van der Waals surface area (Å²) in [5, 5.41) is 2.65. The van der Waals surface area contributed by atoms with Gasteiger partial charge >= 0.3 is 6.18 Å². The normalized spacial score (nSPS) is 15.4. The minimum absolute atomic E-state index is 0.0742. The fraction of sp³-hybridized carbons (Fsp3) is 0.316. The highest BCUT2D eigenvalue weighted by molar-refractivity contribution is 14.2. The van der Waals surface area contributed by atoms with Crippen molar-refractivity contribution in [2.24, 2.45) is 11.8 Å². The largest absolute Gasteiger partial charge is 0.418 e. The summed E-state index contributed by atoms with van der Waals surface area (Å²) in [5.74, 6) is 1.60. The molecule has 0 bridgehead atoms. The lowest BCUT2D eigenvalue weighted by molar-refractivity contribution is -0.137. The van der Waals surface area contributed by atoms with Crippen molar-refractivity contribution in [1.29, 1.82) is 0 Å². The lowest BCUT2D eigenvalue weighted by Gasteiger charge is -2.15. The molecule has 0 saturated heterocycles. The van der Waals surface area contributed by atoms with Crippen LogP contribution in [0.5, 0.6) is 0 Å². The Balaban J connectivity index is 2.13. The van der Waals surface area contributed by atoms with Gasteiger partial charge in [0.15, 0.2) is 0 Å². The van der Waals surface area contributed by atoms with E-state index in [9.17, 15) is 18.0 Å². The Bertz CT molecular complexity index is 1050. The maximum absolute atomic E-state index is 13.2. The number of terminal acetylenes is 1. The second-order valence-electron chi connectivity index (χ2n) is 6.57. The van der Waals surface area contributed by atoms with Gasteiger partial charge in [-0.1, -0.05) is 19.8 Å². The monoisotopic (exact) mass is 503 g/mol. The molecule has 2 heterocycles. The summed E-state index contributed by atoms with van der Waals surface area (Å²) in [7, 11) is 0. The molecule has 148 valence electrons. The fourth-order valence-corrected chi connectivity index (χ4v) is 4.02. The van der Waals surface area contributed by atoms with E-state index in [-0.39, 0.29) is 17.4 Å². The van der Waals surface area contributed by atoms with E-state index < -0.39 is 44.7 Å². The number of aromatic nitrogens is 2. The predicted octanol–water partition coefficient (Wildman–Crippen LogP) is 4.81. The van der Waals surface area contributed by atoms with Gasteiger partial charge in [0.05, 0.1) is 16.6 Å². The summed E-state index contributed by atoms with van der Waals surface area (Å²) >= 11 is -0.707. The van der Waals surface area contributed by atoms with Gasteiger partial charge in [-0.05, 0) is 31.0 Å². The van der Waals surface area contributed by atoms with Crippen LogP contribution in [0.3, 0.4) is 0 Å². The first-order valence-corrected chi connectivity index (χ1v) is 10.3. The average Bonchev–Trinajstić information content (AvgIpc) is 3.16. The van der Waals surface area contributed by atoms with Gasteiger partial charge in [0.1, 0.15) is 27.1 Å². The zero-order chi connectivity index (χ0) is 20.6. The zero-order valence-electron chi connectivity index (χ0n) is 15.3. The van der Waals surface area contributed by atoms with Gasteiger partial charge in [0.25, 0.3) is 0 Å². The number of hydrogen-bond acceptors (Lipinski definition) is 3. The van der Waals surface area contributed by atoms with E-state index in [1.54, 1.807) is 6.08 Å². The first-order valence-electron chi connectivity index (χ1n) is 8.36. The molecule has 9 heteroatoms. The van der Waals surface area contributed by atoms with E-state index in [4.69, 9.17) is 9.49 Å². The Morgan fingerprint density at radius 2 is 2.11 bits per heavy atom. The van der Waals surface area contributed by atoms with Crippen LogP contribution in [0, 0.1) is 24.2 Å². The molecule has 2 aromatic rings. The quantitative estimate of drug-likeness (QED) is 0.482. The third-order valence-corrected chi connectivity index (χ3v) is 5.81. The molecule has 1 N–H and O–H groups in total. The van der Waals surface area contributed by atoms with E-state index in [1.807, 2.05) is 20.8 Å². The highest BCUT2D eigenvalue weighted by Gasteiger charge is 2.32. The highest BCUT2D eigenvalue weighted by atomic mass is 127. The second-order valence-corrected chi connectivity index (χ2v) is 9.16. The lowest BCUT2D eigenvalue weighted by Crippen LogP contribution is -2.27. The van der Waals surface area contributed by atoms with E-state index >= 15 is 0 Å². The lowest BCUT2D eigenvalue weighted by atomic mass is 9.96. The summed E-state index contributed by atoms with van der Waals surface area (Å²) in [6.07, 6.45) is 2.69. The van der Waals surface area contributed by atoms with Crippen molar-refractivity contribution in [1.82, 2.24) is 9.55 Å². The van der Waals surface area contributed by atoms with Crippen LogP contribution in [-0.2, 0) is 14.0 Å². The van der Waals surface area contributed by atoms with Gasteiger partial charge in [-0.25, -0.2) is 9.55 Å². The molecular formula is C19H17F3IN3O2. The van der Waals surface area contributed by atoms with Gasteiger partial charge < -0.3 is 3.07 Å². The van der Waals surface area contributed by atoms with Crippen LogP contribution in [0.15, 0.2) is 24.3 Å². The Morgan fingerprint density at radius 3 is 2.64 bits per heavy atom. The first-order chi connectivity index (χ1) is 13.1. The number of allylic oxidation sites excluding steroid dienone is 1. The smallest absolute Gasteiger partial charge is 0.416 e. The molecule has 1 aromatic heterocycles. The maximum Gasteiger partial charge on any atom is 0.416 e. The van der Waals surface area contributed by atoms with Crippen molar-refractivity contribution in [3.8, 4) is 12.3 Å². The topological polar surface area (TPSA) is 56.2 Å². The summed E-state index contributed by atoms with van der Waals surface area (Å²) in [6.45, 7) is 5.51. The maximum atomic E-state index is 13.2. The molecule has 0 saturated carbocycles. The first kappa shape index (κ1) is 20.4. The number of carbonyl (C=O) groups excluding carboxylic acids is 1. The molecular weight excluding hydrogens is 486 g/mol. The van der Waals surface area contributed by atoms with Crippen molar-refractivity contribution in [2.75, 3.05) is 5.32 Å². The van der Waals surface area contributed by atoms with Crippen LogP contribution < -0.4 is 5.32 Å². The number of fused-ring (bicyclic) bond motifs is 1. The number of rotatable bonds is 4. The van der Waals surface area contributed by atoms with Crippen molar-refractivity contribution >= 4 is 53.4 Å². The van der Waals surface area contributed by atoms with Gasteiger partial charge in [-0.15, -0.1) is 6.42 Å². The summed E-state index contributed by atoms with van der Waals surface area (Å²) in [6, 6.07) is 3.22. The number of amides is 1. The third kappa shape index (κ3) is 3.92. The number of imidazole rings is 1.